The van der Waals surface area contributed by atoms with Gasteiger partial charge >= 0.3 is 0 Å². The van der Waals surface area contributed by atoms with Gasteiger partial charge in [0.2, 0.25) is 0 Å². The number of carbonyl (C=O) groups excluding carboxylic acids is 1. The number of aliphatic hydroxyl groups is 1. The molecule has 1 aliphatic rings. The molecule has 0 spiro atoms. The Morgan fingerprint density at radius 1 is 1.27 bits per heavy atom. The number of hydrogen-bond donors (Lipinski definition) is 1. The van der Waals surface area contributed by atoms with Crippen LogP contribution in [-0.2, 0) is 6.54 Å². The lowest BCUT2D eigenvalue weighted by atomic mass is 9.95. The van der Waals surface area contributed by atoms with Gasteiger partial charge in [-0.05, 0) is 49.1 Å². The number of fused-ring (bicyclic) bond motifs is 1. The van der Waals surface area contributed by atoms with Crippen LogP contribution in [-0.4, -0.2) is 43.6 Å². The molecule has 6 nitrogen and oxygen atoms in total. The molecular formula is C20H22N4O2. The first-order chi connectivity index (χ1) is 12.8. The lowest BCUT2D eigenvalue weighted by Crippen LogP contribution is -2.38. The number of hydrogen-bond acceptors (Lipinski definition) is 4. The third-order valence-corrected chi connectivity index (χ3v) is 5.04. The number of amides is 1. The minimum Gasteiger partial charge on any atom is -0.395 e. The summed E-state index contributed by atoms with van der Waals surface area (Å²) < 4.78 is 1.89. The predicted octanol–water partition coefficient (Wildman–Crippen LogP) is 2.79. The van der Waals surface area contributed by atoms with Gasteiger partial charge in [-0.25, -0.2) is 4.98 Å². The average Bonchev–Trinajstić information content (AvgIpc) is 3.10. The second-order valence-corrected chi connectivity index (χ2v) is 6.66. The summed E-state index contributed by atoms with van der Waals surface area (Å²) in [4.78, 5) is 23.7. The van der Waals surface area contributed by atoms with E-state index in [4.69, 9.17) is 5.11 Å². The van der Waals surface area contributed by atoms with Crippen molar-refractivity contribution in [1.82, 2.24) is 19.4 Å². The van der Waals surface area contributed by atoms with E-state index in [0.717, 1.165) is 42.4 Å². The fourth-order valence-electron chi connectivity index (χ4n) is 3.74. The highest BCUT2D eigenvalue weighted by Crippen LogP contribution is 2.32. The van der Waals surface area contributed by atoms with Gasteiger partial charge in [0, 0.05) is 31.0 Å². The number of rotatable bonds is 4. The van der Waals surface area contributed by atoms with E-state index in [1.54, 1.807) is 12.5 Å². The molecule has 1 atom stereocenters. The molecule has 1 unspecified atom stereocenters. The van der Waals surface area contributed by atoms with E-state index in [1.807, 2.05) is 46.0 Å². The molecule has 1 amide bonds. The number of aromatic nitrogens is 3. The summed E-state index contributed by atoms with van der Waals surface area (Å²) in [7, 11) is 0. The van der Waals surface area contributed by atoms with E-state index >= 15 is 0 Å². The average molecular weight is 350 g/mol. The van der Waals surface area contributed by atoms with Crippen LogP contribution < -0.4 is 0 Å². The normalized spacial score (nSPS) is 17.6. The number of aliphatic hydroxyl groups excluding tert-OH is 1. The highest BCUT2D eigenvalue weighted by atomic mass is 16.3. The molecule has 3 heterocycles. The summed E-state index contributed by atoms with van der Waals surface area (Å²) in [5.41, 5.74) is 3.45. The van der Waals surface area contributed by atoms with E-state index in [0.29, 0.717) is 12.1 Å². The van der Waals surface area contributed by atoms with Crippen LogP contribution in [0.1, 0.15) is 41.2 Å². The first-order valence-corrected chi connectivity index (χ1v) is 9.04. The van der Waals surface area contributed by atoms with Crippen molar-refractivity contribution in [3.63, 3.8) is 0 Å². The molecule has 2 aromatic heterocycles. The van der Waals surface area contributed by atoms with Crippen molar-refractivity contribution < 1.29 is 9.90 Å². The standard InChI is InChI=1S/C20H22N4O2/c25-11-10-23-14-22-17-12-15(6-7-19(17)23)20(26)24-9-2-1-5-18(24)16-4-3-8-21-13-16/h3-4,6-8,12-14,18,25H,1-2,5,9-11H2. The zero-order chi connectivity index (χ0) is 17.9. The van der Waals surface area contributed by atoms with E-state index in [1.165, 1.54) is 0 Å². The van der Waals surface area contributed by atoms with Crippen molar-refractivity contribution in [2.75, 3.05) is 13.2 Å². The van der Waals surface area contributed by atoms with Crippen LogP contribution in [0, 0.1) is 0 Å². The summed E-state index contributed by atoms with van der Waals surface area (Å²) in [6, 6.07) is 9.66. The first-order valence-electron chi connectivity index (χ1n) is 9.04. The van der Waals surface area contributed by atoms with Gasteiger partial charge in [-0.3, -0.25) is 9.78 Å². The molecule has 1 N–H and O–H groups in total. The second-order valence-electron chi connectivity index (χ2n) is 6.66. The maximum absolute atomic E-state index is 13.2. The maximum Gasteiger partial charge on any atom is 0.254 e. The lowest BCUT2D eigenvalue weighted by Gasteiger charge is -2.36. The molecule has 0 saturated carbocycles. The number of nitrogens with zero attached hydrogens (tertiary/aromatic N) is 4. The molecule has 0 bridgehead atoms. The Bertz CT molecular complexity index is 907. The van der Waals surface area contributed by atoms with Crippen molar-refractivity contribution in [3.05, 3.63) is 60.2 Å². The Morgan fingerprint density at radius 3 is 3.00 bits per heavy atom. The van der Waals surface area contributed by atoms with Gasteiger partial charge in [-0.2, -0.15) is 0 Å². The van der Waals surface area contributed by atoms with Crippen LogP contribution in [0.5, 0.6) is 0 Å². The molecule has 1 fully saturated rings. The highest BCUT2D eigenvalue weighted by molar-refractivity contribution is 5.97. The lowest BCUT2D eigenvalue weighted by molar-refractivity contribution is 0.0611. The summed E-state index contributed by atoms with van der Waals surface area (Å²) >= 11 is 0. The number of piperidine rings is 1. The highest BCUT2D eigenvalue weighted by Gasteiger charge is 2.29. The number of pyridine rings is 1. The molecular weight excluding hydrogens is 328 g/mol. The fraction of sp³-hybridized carbons (Fsp3) is 0.350. The summed E-state index contributed by atoms with van der Waals surface area (Å²) in [6.45, 7) is 1.32. The van der Waals surface area contributed by atoms with Crippen LogP contribution >= 0.6 is 0 Å². The predicted molar refractivity (Wildman–Crippen MR) is 98.7 cm³/mol. The smallest absolute Gasteiger partial charge is 0.254 e. The Hall–Kier alpha value is -2.73. The van der Waals surface area contributed by atoms with Crippen molar-refractivity contribution in [2.45, 2.75) is 31.8 Å². The maximum atomic E-state index is 13.2. The van der Waals surface area contributed by atoms with Crippen molar-refractivity contribution in [2.24, 2.45) is 0 Å². The first kappa shape index (κ1) is 16.7. The minimum atomic E-state index is 0.0390. The quantitative estimate of drug-likeness (QED) is 0.785. The van der Waals surface area contributed by atoms with Crippen molar-refractivity contribution in [1.29, 1.82) is 0 Å². The number of benzene rings is 1. The topological polar surface area (TPSA) is 71.2 Å². The number of likely N-dealkylation sites (tertiary alicyclic amines) is 1. The molecule has 1 aliphatic heterocycles. The van der Waals surface area contributed by atoms with Gasteiger partial charge in [0.05, 0.1) is 30.0 Å². The van der Waals surface area contributed by atoms with Gasteiger partial charge in [-0.1, -0.05) is 6.07 Å². The van der Waals surface area contributed by atoms with Crippen molar-refractivity contribution in [3.8, 4) is 0 Å². The number of imidazole rings is 1. The van der Waals surface area contributed by atoms with E-state index < -0.39 is 0 Å². The largest absolute Gasteiger partial charge is 0.395 e. The molecule has 3 aromatic rings. The fourth-order valence-corrected chi connectivity index (χ4v) is 3.74. The molecule has 1 saturated heterocycles. The molecule has 0 aliphatic carbocycles. The molecule has 4 rings (SSSR count). The minimum absolute atomic E-state index is 0.0390. The SMILES string of the molecule is O=C(c1ccc2c(c1)ncn2CCO)N1CCCCC1c1cccnc1. The van der Waals surface area contributed by atoms with Crippen molar-refractivity contribution >= 4 is 16.9 Å². The zero-order valence-corrected chi connectivity index (χ0v) is 14.6. The van der Waals surface area contributed by atoms with E-state index in [9.17, 15) is 4.79 Å². The Morgan fingerprint density at radius 2 is 2.19 bits per heavy atom. The van der Waals surface area contributed by atoms with Gasteiger partial charge in [0.15, 0.2) is 0 Å². The zero-order valence-electron chi connectivity index (χ0n) is 14.6. The van der Waals surface area contributed by atoms with Gasteiger partial charge in [-0.15, -0.1) is 0 Å². The molecule has 134 valence electrons. The molecule has 0 radical (unpaired) electrons. The number of carbonyl (C=O) groups is 1. The van der Waals surface area contributed by atoms with Crippen LogP contribution in [0.2, 0.25) is 0 Å². The second kappa shape index (κ2) is 7.25. The molecule has 26 heavy (non-hydrogen) atoms. The Kier molecular flexibility index (Phi) is 4.67. The van der Waals surface area contributed by atoms with E-state index in [-0.39, 0.29) is 18.6 Å². The van der Waals surface area contributed by atoms with Gasteiger partial charge in [0.25, 0.3) is 5.91 Å². The molecule has 1 aromatic carbocycles. The third kappa shape index (κ3) is 3.08. The van der Waals surface area contributed by atoms with Crippen LogP contribution in [0.3, 0.4) is 0 Å². The summed E-state index contributed by atoms with van der Waals surface area (Å²) in [5, 5.41) is 9.13. The monoisotopic (exact) mass is 350 g/mol. The van der Waals surface area contributed by atoms with Gasteiger partial charge in [0.1, 0.15) is 0 Å². The Labute approximate surface area is 152 Å². The molecule has 6 heteroatoms. The summed E-state index contributed by atoms with van der Waals surface area (Å²) in [6.07, 6.45) is 8.42. The van der Waals surface area contributed by atoms with Gasteiger partial charge < -0.3 is 14.6 Å². The third-order valence-electron chi connectivity index (χ3n) is 5.04. The van der Waals surface area contributed by atoms with Crippen LogP contribution in [0.15, 0.2) is 49.1 Å². The van der Waals surface area contributed by atoms with Crippen LogP contribution in [0.25, 0.3) is 11.0 Å². The Balaban J connectivity index is 1.64. The summed E-state index contributed by atoms with van der Waals surface area (Å²) in [5.74, 6) is 0.0390. The van der Waals surface area contributed by atoms with E-state index in [2.05, 4.69) is 9.97 Å². The van der Waals surface area contributed by atoms with Crippen LogP contribution in [0.4, 0.5) is 0 Å².